The molecular weight excluding hydrogens is 350 g/mol. The Balaban J connectivity index is 1.33. The molecule has 4 rings (SSSR count). The first-order chi connectivity index (χ1) is 13.7. The number of ether oxygens (including phenoxy) is 1. The number of nitrogens with zero attached hydrogens (tertiary/aromatic N) is 2. The Morgan fingerprint density at radius 2 is 1.86 bits per heavy atom. The third-order valence-corrected chi connectivity index (χ3v) is 5.11. The number of carbonyl (C=O) groups is 1. The molecule has 0 unspecified atom stereocenters. The summed E-state index contributed by atoms with van der Waals surface area (Å²) in [6, 6.07) is 21.4. The smallest absolute Gasteiger partial charge is 0.248 e. The van der Waals surface area contributed by atoms with Gasteiger partial charge in [0.25, 0.3) is 0 Å². The third-order valence-electron chi connectivity index (χ3n) is 5.11. The third kappa shape index (κ3) is 4.38. The molecule has 1 saturated heterocycles. The Bertz CT molecular complexity index is 924. The van der Waals surface area contributed by atoms with Crippen molar-refractivity contribution in [3.05, 3.63) is 89.6 Å². The van der Waals surface area contributed by atoms with E-state index in [2.05, 4.69) is 46.3 Å². The highest BCUT2D eigenvalue weighted by molar-refractivity contribution is 5.92. The van der Waals surface area contributed by atoms with Crippen molar-refractivity contribution < 1.29 is 9.53 Å². The molecule has 1 aromatic heterocycles. The molecule has 0 spiro atoms. The van der Waals surface area contributed by atoms with Crippen LogP contribution in [0.5, 0.6) is 11.6 Å². The number of hydrogen-bond donors (Lipinski definition) is 1. The lowest BCUT2D eigenvalue weighted by Gasteiger charge is -2.16. The molecule has 1 amide bonds. The highest BCUT2D eigenvalue weighted by Gasteiger charge is 2.23. The minimum atomic E-state index is -0.453. The van der Waals surface area contributed by atoms with Gasteiger partial charge < -0.3 is 10.5 Å². The Hall–Kier alpha value is -3.18. The topological polar surface area (TPSA) is 68.5 Å². The summed E-state index contributed by atoms with van der Waals surface area (Å²) in [5.74, 6) is 1.31. The number of carbonyl (C=O) groups excluding carboxylic acids is 1. The van der Waals surface area contributed by atoms with Crippen LogP contribution in [0.1, 0.15) is 33.8 Å². The number of nitrogens with two attached hydrogens (primary N) is 1. The van der Waals surface area contributed by atoms with Crippen LogP contribution in [0.3, 0.4) is 0 Å². The molecule has 2 heterocycles. The second-order valence-corrected chi connectivity index (χ2v) is 7.13. The lowest BCUT2D eigenvalue weighted by molar-refractivity contribution is 0.100. The van der Waals surface area contributed by atoms with Gasteiger partial charge in [-0.05, 0) is 54.3 Å². The van der Waals surface area contributed by atoms with Gasteiger partial charge in [0.05, 0.1) is 0 Å². The number of amides is 1. The van der Waals surface area contributed by atoms with Crippen LogP contribution in [0.25, 0.3) is 0 Å². The number of primary amides is 1. The molecule has 2 aromatic carbocycles. The van der Waals surface area contributed by atoms with Crippen LogP contribution in [0, 0.1) is 0 Å². The van der Waals surface area contributed by atoms with Crippen molar-refractivity contribution in [2.45, 2.75) is 18.9 Å². The minimum Gasteiger partial charge on any atom is -0.439 e. The number of rotatable bonds is 6. The van der Waals surface area contributed by atoms with Crippen LogP contribution < -0.4 is 10.5 Å². The predicted molar refractivity (Wildman–Crippen MR) is 108 cm³/mol. The maximum Gasteiger partial charge on any atom is 0.248 e. The second-order valence-electron chi connectivity index (χ2n) is 7.13. The van der Waals surface area contributed by atoms with E-state index in [-0.39, 0.29) is 0 Å². The number of pyridine rings is 1. The van der Waals surface area contributed by atoms with Crippen LogP contribution in [-0.4, -0.2) is 28.9 Å². The van der Waals surface area contributed by atoms with E-state index in [4.69, 9.17) is 10.5 Å². The van der Waals surface area contributed by atoms with Crippen molar-refractivity contribution in [3.8, 4) is 11.6 Å². The van der Waals surface area contributed by atoms with E-state index in [0.717, 1.165) is 19.6 Å². The summed E-state index contributed by atoms with van der Waals surface area (Å²) in [5, 5.41) is 0. The number of likely N-dealkylation sites (tertiary alicyclic amines) is 1. The van der Waals surface area contributed by atoms with Gasteiger partial charge >= 0.3 is 0 Å². The zero-order chi connectivity index (χ0) is 19.3. The molecular formula is C23H23N3O2. The summed E-state index contributed by atoms with van der Waals surface area (Å²) in [6.07, 6.45) is 3.06. The maximum atomic E-state index is 11.1. The van der Waals surface area contributed by atoms with Crippen LogP contribution >= 0.6 is 0 Å². The molecule has 1 aliphatic rings. The quantitative estimate of drug-likeness (QED) is 0.710. The number of benzene rings is 2. The van der Waals surface area contributed by atoms with Gasteiger partial charge in [-0.1, -0.05) is 36.4 Å². The zero-order valence-electron chi connectivity index (χ0n) is 15.6. The average Bonchev–Trinajstić information content (AvgIpc) is 3.19. The molecule has 1 fully saturated rings. The monoisotopic (exact) mass is 373 g/mol. The summed E-state index contributed by atoms with van der Waals surface area (Å²) < 4.78 is 5.74. The van der Waals surface area contributed by atoms with Crippen molar-refractivity contribution >= 4 is 5.91 Å². The molecule has 0 saturated carbocycles. The largest absolute Gasteiger partial charge is 0.439 e. The Labute approximate surface area is 164 Å². The van der Waals surface area contributed by atoms with Gasteiger partial charge in [-0.2, -0.15) is 0 Å². The van der Waals surface area contributed by atoms with Gasteiger partial charge in [-0.15, -0.1) is 0 Å². The molecule has 2 N–H and O–H groups in total. The van der Waals surface area contributed by atoms with E-state index in [9.17, 15) is 4.79 Å². The fourth-order valence-corrected chi connectivity index (χ4v) is 3.60. The van der Waals surface area contributed by atoms with Gasteiger partial charge in [0, 0.05) is 30.9 Å². The molecule has 0 aliphatic carbocycles. The summed E-state index contributed by atoms with van der Waals surface area (Å²) in [4.78, 5) is 18.0. The van der Waals surface area contributed by atoms with Gasteiger partial charge in [-0.3, -0.25) is 9.69 Å². The van der Waals surface area contributed by atoms with Crippen molar-refractivity contribution in [1.29, 1.82) is 0 Å². The van der Waals surface area contributed by atoms with Crippen molar-refractivity contribution in [1.82, 2.24) is 9.88 Å². The molecule has 0 radical (unpaired) electrons. The van der Waals surface area contributed by atoms with E-state index < -0.39 is 5.91 Å². The maximum absolute atomic E-state index is 11.1. The predicted octanol–water partition coefficient (Wildman–Crippen LogP) is 3.96. The molecule has 5 nitrogen and oxygen atoms in total. The molecule has 3 aromatic rings. The second kappa shape index (κ2) is 8.23. The molecule has 1 atom stereocenters. The zero-order valence-corrected chi connectivity index (χ0v) is 15.6. The Morgan fingerprint density at radius 3 is 2.54 bits per heavy atom. The van der Waals surface area contributed by atoms with E-state index in [1.54, 1.807) is 24.3 Å². The number of aromatic nitrogens is 1. The molecule has 28 heavy (non-hydrogen) atoms. The van der Waals surface area contributed by atoms with Crippen LogP contribution in [0.4, 0.5) is 0 Å². The lowest BCUT2D eigenvalue weighted by Crippen LogP contribution is -2.19. The van der Waals surface area contributed by atoms with Crippen LogP contribution in [-0.2, 0) is 6.54 Å². The fourth-order valence-electron chi connectivity index (χ4n) is 3.60. The van der Waals surface area contributed by atoms with E-state index in [1.165, 1.54) is 17.5 Å². The summed E-state index contributed by atoms with van der Waals surface area (Å²) in [7, 11) is 0. The van der Waals surface area contributed by atoms with Gasteiger partial charge in [0.2, 0.25) is 11.8 Å². The molecule has 142 valence electrons. The highest BCUT2D eigenvalue weighted by atomic mass is 16.5. The van der Waals surface area contributed by atoms with Crippen LogP contribution in [0.15, 0.2) is 72.9 Å². The summed E-state index contributed by atoms with van der Waals surface area (Å²) >= 11 is 0. The van der Waals surface area contributed by atoms with Crippen molar-refractivity contribution in [2.75, 3.05) is 13.1 Å². The van der Waals surface area contributed by atoms with Gasteiger partial charge in [0.1, 0.15) is 5.75 Å². The van der Waals surface area contributed by atoms with Crippen LogP contribution in [0.2, 0.25) is 0 Å². The lowest BCUT2D eigenvalue weighted by atomic mass is 9.99. The first kappa shape index (κ1) is 18.2. The van der Waals surface area contributed by atoms with Gasteiger partial charge in [0.15, 0.2) is 0 Å². The van der Waals surface area contributed by atoms with E-state index >= 15 is 0 Å². The van der Waals surface area contributed by atoms with Crippen molar-refractivity contribution in [2.24, 2.45) is 5.73 Å². The van der Waals surface area contributed by atoms with E-state index in [1.807, 2.05) is 12.3 Å². The van der Waals surface area contributed by atoms with E-state index in [0.29, 0.717) is 23.1 Å². The molecule has 0 bridgehead atoms. The first-order valence-corrected chi connectivity index (χ1v) is 9.47. The average molecular weight is 373 g/mol. The summed E-state index contributed by atoms with van der Waals surface area (Å²) in [5.41, 5.74) is 8.30. The number of hydrogen-bond acceptors (Lipinski definition) is 4. The summed E-state index contributed by atoms with van der Waals surface area (Å²) in [6.45, 7) is 3.07. The Morgan fingerprint density at radius 1 is 1.07 bits per heavy atom. The SMILES string of the molecule is NC(=O)c1ccc(Oc2ccc(CN3CC[C@@H](c4ccccc4)C3)cn2)cc1. The van der Waals surface area contributed by atoms with Crippen molar-refractivity contribution in [3.63, 3.8) is 0 Å². The molecule has 5 heteroatoms. The standard InChI is InChI=1S/C23H23N3O2/c24-23(27)19-7-9-21(10-8-19)28-22-11-6-17(14-25-22)15-26-13-12-20(16-26)18-4-2-1-3-5-18/h1-11,14,20H,12-13,15-16H2,(H2,24,27)/t20-/m1/s1. The first-order valence-electron chi connectivity index (χ1n) is 9.47. The van der Waals surface area contributed by atoms with Gasteiger partial charge in [-0.25, -0.2) is 4.98 Å². The normalized spacial score (nSPS) is 16.8. The fraction of sp³-hybridized carbons (Fsp3) is 0.217. The molecule has 1 aliphatic heterocycles. The highest BCUT2D eigenvalue weighted by Crippen LogP contribution is 2.28. The minimum absolute atomic E-state index is 0.453. The Kier molecular flexibility index (Phi) is 5.35.